The Kier molecular flexibility index (Phi) is 4.41. The second-order valence-corrected chi connectivity index (χ2v) is 8.58. The average Bonchev–Trinajstić information content (AvgIpc) is 3.58. The molecule has 0 saturated heterocycles. The summed E-state index contributed by atoms with van der Waals surface area (Å²) in [6.07, 6.45) is 4.08. The second kappa shape index (κ2) is 7.35. The number of imidazole rings is 1. The number of nitrogens with zero attached hydrogens (tertiary/aromatic N) is 8. The zero-order valence-electron chi connectivity index (χ0n) is 17.9. The molecular formula is C21H20N9O2P. The van der Waals surface area contributed by atoms with Crippen LogP contribution in [0.25, 0.3) is 17.0 Å². The normalized spacial score (nSPS) is 15.8. The molecule has 1 amide bonds. The molecule has 0 aromatic carbocycles. The standard InChI is InChI=1S/C21H20N9O2P/c1-11-13(9-28(2)26-11)19-24-25-20(32-19)21(31)29-7-6-14-17(23-10-22-14)18(29)15-8-12-4-3-5-16(33)30(12)27-15/h3-5,8-10,18H,6-7,33H2,1-2H3,(H,22,23)/t18-/m1/s1. The van der Waals surface area contributed by atoms with Crippen molar-refractivity contribution >= 4 is 26.1 Å². The van der Waals surface area contributed by atoms with Crippen LogP contribution >= 0.6 is 9.24 Å². The number of H-pyrrole nitrogens is 1. The number of aromatic amines is 1. The van der Waals surface area contributed by atoms with E-state index in [1.54, 1.807) is 22.1 Å². The molecule has 0 aliphatic carbocycles. The summed E-state index contributed by atoms with van der Waals surface area (Å²) in [6, 6.07) is 7.39. The lowest BCUT2D eigenvalue weighted by atomic mass is 9.99. The molecule has 2 atom stereocenters. The van der Waals surface area contributed by atoms with Crippen LogP contribution in [-0.2, 0) is 13.5 Å². The van der Waals surface area contributed by atoms with Gasteiger partial charge in [0.1, 0.15) is 6.04 Å². The highest BCUT2D eigenvalue weighted by Crippen LogP contribution is 2.34. The minimum absolute atomic E-state index is 0.0762. The van der Waals surface area contributed by atoms with Crippen LogP contribution in [-0.4, -0.2) is 56.9 Å². The Morgan fingerprint density at radius 3 is 2.94 bits per heavy atom. The van der Waals surface area contributed by atoms with Crippen molar-refractivity contribution in [1.29, 1.82) is 0 Å². The number of fused-ring (bicyclic) bond motifs is 2. The molecule has 6 heterocycles. The number of pyridine rings is 1. The summed E-state index contributed by atoms with van der Waals surface area (Å²) in [5, 5.41) is 17.2. The largest absolute Gasteiger partial charge is 0.412 e. The van der Waals surface area contributed by atoms with Gasteiger partial charge in [-0.3, -0.25) is 9.48 Å². The first-order chi connectivity index (χ1) is 16.0. The van der Waals surface area contributed by atoms with Crippen LogP contribution in [0.15, 0.2) is 41.2 Å². The van der Waals surface area contributed by atoms with Crippen molar-refractivity contribution < 1.29 is 9.21 Å². The van der Waals surface area contributed by atoms with Crippen LogP contribution in [0.4, 0.5) is 0 Å². The number of carbonyl (C=O) groups is 1. The lowest BCUT2D eigenvalue weighted by Gasteiger charge is -2.32. The number of hydrogen-bond donors (Lipinski definition) is 1. The Morgan fingerprint density at radius 1 is 1.27 bits per heavy atom. The fourth-order valence-corrected chi connectivity index (χ4v) is 4.65. The van der Waals surface area contributed by atoms with E-state index in [9.17, 15) is 4.79 Å². The first kappa shape index (κ1) is 19.8. The van der Waals surface area contributed by atoms with Gasteiger partial charge in [0.05, 0.1) is 39.9 Å². The van der Waals surface area contributed by atoms with E-state index in [0.29, 0.717) is 24.2 Å². The maximum Gasteiger partial charge on any atom is 0.312 e. The molecule has 0 saturated carbocycles. The smallest absolute Gasteiger partial charge is 0.312 e. The number of hydrogen-bond acceptors (Lipinski definition) is 7. The molecule has 166 valence electrons. The second-order valence-electron chi connectivity index (χ2n) is 7.99. The molecule has 5 aromatic rings. The Morgan fingerprint density at radius 2 is 2.15 bits per heavy atom. The van der Waals surface area contributed by atoms with Gasteiger partial charge in [0, 0.05) is 31.9 Å². The average molecular weight is 461 g/mol. The van der Waals surface area contributed by atoms with Crippen LogP contribution in [0, 0.1) is 6.92 Å². The van der Waals surface area contributed by atoms with Gasteiger partial charge in [0.25, 0.3) is 5.89 Å². The molecule has 0 bridgehead atoms. The first-order valence-corrected chi connectivity index (χ1v) is 11.0. The summed E-state index contributed by atoms with van der Waals surface area (Å²) in [5.41, 5.74) is 5.77. The quantitative estimate of drug-likeness (QED) is 0.403. The first-order valence-electron chi connectivity index (χ1n) is 10.4. The summed E-state index contributed by atoms with van der Waals surface area (Å²) >= 11 is 0. The van der Waals surface area contributed by atoms with Crippen LogP contribution in [0.1, 0.15) is 39.5 Å². The summed E-state index contributed by atoms with van der Waals surface area (Å²) in [4.78, 5) is 23.0. The highest BCUT2D eigenvalue weighted by molar-refractivity contribution is 7.27. The molecule has 1 unspecified atom stereocenters. The topological polar surface area (TPSA) is 123 Å². The Bertz CT molecular complexity index is 1510. The number of aryl methyl sites for hydroxylation is 2. The maximum atomic E-state index is 13.6. The number of carbonyl (C=O) groups excluding carboxylic acids is 1. The number of aromatic nitrogens is 8. The third-order valence-electron chi connectivity index (χ3n) is 5.85. The summed E-state index contributed by atoms with van der Waals surface area (Å²) in [6.45, 7) is 2.31. The minimum Gasteiger partial charge on any atom is -0.412 e. The molecule has 0 spiro atoms. The fraction of sp³-hybridized carbons (Fsp3) is 0.238. The maximum absolute atomic E-state index is 13.6. The molecule has 5 aromatic heterocycles. The van der Waals surface area contributed by atoms with Gasteiger partial charge in [-0.25, -0.2) is 9.50 Å². The zero-order chi connectivity index (χ0) is 22.7. The van der Waals surface area contributed by atoms with Gasteiger partial charge >= 0.3 is 11.8 Å². The molecule has 12 heteroatoms. The van der Waals surface area contributed by atoms with E-state index >= 15 is 0 Å². The minimum atomic E-state index is -0.479. The van der Waals surface area contributed by atoms with Gasteiger partial charge in [0.2, 0.25) is 0 Å². The van der Waals surface area contributed by atoms with Gasteiger partial charge in [-0.1, -0.05) is 15.3 Å². The van der Waals surface area contributed by atoms with Crippen molar-refractivity contribution in [3.05, 3.63) is 65.5 Å². The summed E-state index contributed by atoms with van der Waals surface area (Å²) in [7, 11) is 4.49. The van der Waals surface area contributed by atoms with Crippen LogP contribution in [0.3, 0.4) is 0 Å². The predicted molar refractivity (Wildman–Crippen MR) is 121 cm³/mol. The van der Waals surface area contributed by atoms with Gasteiger partial charge in [0.15, 0.2) is 0 Å². The monoisotopic (exact) mass is 461 g/mol. The van der Waals surface area contributed by atoms with E-state index in [1.165, 1.54) is 0 Å². The number of nitrogens with one attached hydrogen (secondary N) is 1. The number of amides is 1. The van der Waals surface area contributed by atoms with Crippen molar-refractivity contribution in [1.82, 2.24) is 44.5 Å². The fourth-order valence-electron chi connectivity index (χ4n) is 4.34. The van der Waals surface area contributed by atoms with E-state index in [1.807, 2.05) is 42.8 Å². The lowest BCUT2D eigenvalue weighted by Crippen LogP contribution is -2.41. The zero-order valence-corrected chi connectivity index (χ0v) is 19.1. The van der Waals surface area contributed by atoms with Crippen LogP contribution < -0.4 is 5.44 Å². The van der Waals surface area contributed by atoms with Crippen molar-refractivity contribution in [2.75, 3.05) is 6.54 Å². The molecular weight excluding hydrogens is 441 g/mol. The van der Waals surface area contributed by atoms with Gasteiger partial charge in [-0.2, -0.15) is 10.2 Å². The Hall–Kier alpha value is -3.85. The highest BCUT2D eigenvalue weighted by Gasteiger charge is 2.38. The van der Waals surface area contributed by atoms with Gasteiger partial charge in [-0.05, 0) is 25.1 Å². The van der Waals surface area contributed by atoms with Crippen molar-refractivity contribution in [3.8, 4) is 11.5 Å². The van der Waals surface area contributed by atoms with Gasteiger partial charge in [-0.15, -0.1) is 10.2 Å². The van der Waals surface area contributed by atoms with Crippen molar-refractivity contribution in [2.45, 2.75) is 19.4 Å². The Labute approximate surface area is 190 Å². The third kappa shape index (κ3) is 3.15. The SMILES string of the molecule is Cc1nn(C)cc1-c1nnc(C(=O)N2CCc3[nH]cnc3[C@H]2c2cc3cccc(P)n3n2)o1. The predicted octanol–water partition coefficient (Wildman–Crippen LogP) is 1.44. The molecule has 11 nitrogen and oxygen atoms in total. The molecule has 1 aliphatic heterocycles. The highest BCUT2D eigenvalue weighted by atomic mass is 31.0. The van der Waals surface area contributed by atoms with Crippen LogP contribution in [0.5, 0.6) is 0 Å². The van der Waals surface area contributed by atoms with E-state index in [0.717, 1.165) is 28.0 Å². The van der Waals surface area contributed by atoms with Crippen molar-refractivity contribution in [3.63, 3.8) is 0 Å². The Balaban J connectivity index is 1.41. The lowest BCUT2D eigenvalue weighted by molar-refractivity contribution is 0.0646. The molecule has 0 radical (unpaired) electrons. The van der Waals surface area contributed by atoms with Crippen molar-refractivity contribution in [2.24, 2.45) is 7.05 Å². The van der Waals surface area contributed by atoms with Crippen LogP contribution in [0.2, 0.25) is 0 Å². The number of rotatable bonds is 3. The van der Waals surface area contributed by atoms with Gasteiger partial charge < -0.3 is 14.3 Å². The van der Waals surface area contributed by atoms with E-state index in [-0.39, 0.29) is 17.7 Å². The van der Waals surface area contributed by atoms with E-state index in [4.69, 9.17) is 9.52 Å². The molecule has 6 rings (SSSR count). The van der Waals surface area contributed by atoms with E-state index in [2.05, 4.69) is 34.5 Å². The molecule has 0 fully saturated rings. The summed E-state index contributed by atoms with van der Waals surface area (Å²) < 4.78 is 9.29. The third-order valence-corrected chi connectivity index (χ3v) is 6.29. The molecule has 33 heavy (non-hydrogen) atoms. The molecule has 1 N–H and O–H groups in total. The molecule has 1 aliphatic rings. The summed E-state index contributed by atoms with van der Waals surface area (Å²) in [5.74, 6) is -0.178. The van der Waals surface area contributed by atoms with E-state index < -0.39 is 6.04 Å².